The molecule has 0 aromatic heterocycles. The number of hydrazone groups is 1. The van der Waals surface area contributed by atoms with Gasteiger partial charge in [0.25, 0.3) is 5.91 Å². The number of halogens is 2. The summed E-state index contributed by atoms with van der Waals surface area (Å²) >= 11 is 6.73. The molecule has 5 nitrogen and oxygen atoms in total. The molecule has 0 aliphatic rings. The summed E-state index contributed by atoms with van der Waals surface area (Å²) in [4.78, 5) is 12.1. The molecule has 0 atom stereocenters. The fourth-order valence-electron chi connectivity index (χ4n) is 1.85. The van der Waals surface area contributed by atoms with Crippen LogP contribution in [0.1, 0.15) is 15.9 Å². The van der Waals surface area contributed by atoms with Gasteiger partial charge in [0, 0.05) is 16.1 Å². The van der Waals surface area contributed by atoms with Gasteiger partial charge < -0.3 is 9.47 Å². The van der Waals surface area contributed by atoms with Crippen LogP contribution in [0.4, 0.5) is 0 Å². The summed E-state index contributed by atoms with van der Waals surface area (Å²) < 4.78 is 12.0. The number of benzene rings is 2. The summed E-state index contributed by atoms with van der Waals surface area (Å²) in [6, 6.07) is 10.7. The summed E-state index contributed by atoms with van der Waals surface area (Å²) in [6.07, 6.45) is 1.51. The number of ether oxygens (including phenoxy) is 2. The van der Waals surface area contributed by atoms with Crippen LogP contribution in [0.5, 0.6) is 11.5 Å². The van der Waals surface area contributed by atoms with Crippen LogP contribution >= 0.6 is 31.9 Å². The molecule has 0 bridgehead atoms. The average molecular weight is 442 g/mol. The van der Waals surface area contributed by atoms with Crippen molar-refractivity contribution >= 4 is 44.0 Å². The van der Waals surface area contributed by atoms with Gasteiger partial charge >= 0.3 is 0 Å². The van der Waals surface area contributed by atoms with Crippen molar-refractivity contribution in [3.05, 3.63) is 56.5 Å². The molecule has 7 heteroatoms. The first kappa shape index (κ1) is 17.5. The highest BCUT2D eigenvalue weighted by Gasteiger charge is 2.09. The Morgan fingerprint density at radius 3 is 2.43 bits per heavy atom. The zero-order valence-electron chi connectivity index (χ0n) is 12.5. The normalized spacial score (nSPS) is 10.6. The van der Waals surface area contributed by atoms with Gasteiger partial charge in [0.05, 0.1) is 30.5 Å². The minimum absolute atomic E-state index is 0.305. The molecule has 0 fully saturated rings. The first-order valence-electron chi connectivity index (χ1n) is 6.56. The lowest BCUT2D eigenvalue weighted by atomic mass is 10.2. The highest BCUT2D eigenvalue weighted by molar-refractivity contribution is 9.10. The zero-order chi connectivity index (χ0) is 16.8. The molecular formula is C16H14Br2N2O3. The summed E-state index contributed by atoms with van der Waals surface area (Å²) in [5, 5.41) is 3.98. The van der Waals surface area contributed by atoms with Crippen molar-refractivity contribution in [3.63, 3.8) is 0 Å². The van der Waals surface area contributed by atoms with Crippen LogP contribution in [0.2, 0.25) is 0 Å². The largest absolute Gasteiger partial charge is 0.496 e. The van der Waals surface area contributed by atoms with Crippen molar-refractivity contribution < 1.29 is 14.3 Å². The molecule has 2 aromatic carbocycles. The molecule has 0 saturated carbocycles. The second-order valence-corrected chi connectivity index (χ2v) is 6.12. The maximum absolute atomic E-state index is 12.1. The van der Waals surface area contributed by atoms with Crippen LogP contribution in [0, 0.1) is 0 Å². The number of hydrogen-bond donors (Lipinski definition) is 1. The van der Waals surface area contributed by atoms with Gasteiger partial charge in [0.15, 0.2) is 0 Å². The topological polar surface area (TPSA) is 59.9 Å². The van der Waals surface area contributed by atoms with E-state index >= 15 is 0 Å². The molecular weight excluding hydrogens is 428 g/mol. The standard InChI is InChI=1S/C16H14Br2N2O3/c1-22-14-8-15(23-2)13(18)7-10(14)9-19-20-16(21)11-5-3-4-6-12(11)17/h3-9H,1-2H3,(H,20,21)/b19-9-. The molecule has 0 spiro atoms. The summed E-state index contributed by atoms with van der Waals surface area (Å²) in [5.41, 5.74) is 3.69. The molecule has 0 heterocycles. The number of hydrogen-bond acceptors (Lipinski definition) is 4. The first-order chi connectivity index (χ1) is 11.1. The lowest BCUT2D eigenvalue weighted by Crippen LogP contribution is -2.18. The number of carbonyl (C=O) groups is 1. The fraction of sp³-hybridized carbons (Fsp3) is 0.125. The molecule has 0 saturated heterocycles. The number of methoxy groups -OCH3 is 2. The Kier molecular flexibility index (Phi) is 6.18. The van der Waals surface area contributed by atoms with Gasteiger partial charge in [-0.25, -0.2) is 5.43 Å². The minimum atomic E-state index is -0.305. The summed E-state index contributed by atoms with van der Waals surface area (Å²) in [6.45, 7) is 0. The van der Waals surface area contributed by atoms with Crippen molar-refractivity contribution in [2.75, 3.05) is 14.2 Å². The lowest BCUT2D eigenvalue weighted by molar-refractivity contribution is 0.0954. The molecule has 0 unspecified atom stereocenters. The van der Waals surface area contributed by atoms with Gasteiger partial charge in [-0.15, -0.1) is 0 Å². The minimum Gasteiger partial charge on any atom is -0.496 e. The monoisotopic (exact) mass is 440 g/mol. The van der Waals surface area contributed by atoms with Crippen LogP contribution in [0.15, 0.2) is 50.4 Å². The number of rotatable bonds is 5. The molecule has 1 N–H and O–H groups in total. The van der Waals surface area contributed by atoms with E-state index in [2.05, 4.69) is 42.4 Å². The smallest absolute Gasteiger partial charge is 0.272 e. The van der Waals surface area contributed by atoms with E-state index in [0.29, 0.717) is 27.1 Å². The molecule has 0 aliphatic carbocycles. The molecule has 0 radical (unpaired) electrons. The van der Waals surface area contributed by atoms with E-state index in [1.54, 1.807) is 44.6 Å². The molecule has 0 aliphatic heterocycles. The number of nitrogens with one attached hydrogen (secondary N) is 1. The Bertz CT molecular complexity index is 748. The Morgan fingerprint density at radius 2 is 1.78 bits per heavy atom. The second kappa shape index (κ2) is 8.12. The third-order valence-electron chi connectivity index (χ3n) is 2.99. The summed E-state index contributed by atoms with van der Waals surface area (Å²) in [7, 11) is 3.13. The molecule has 120 valence electrons. The third kappa shape index (κ3) is 4.33. The van der Waals surface area contributed by atoms with Crippen molar-refractivity contribution in [3.8, 4) is 11.5 Å². The van der Waals surface area contributed by atoms with Gasteiger partial charge in [-0.2, -0.15) is 5.10 Å². The van der Waals surface area contributed by atoms with Crippen LogP contribution in [0.25, 0.3) is 0 Å². The maximum Gasteiger partial charge on any atom is 0.272 e. The average Bonchev–Trinajstić information content (AvgIpc) is 2.55. The quantitative estimate of drug-likeness (QED) is 0.563. The Labute approximate surface area is 150 Å². The fourth-order valence-corrected chi connectivity index (χ4v) is 2.84. The van der Waals surface area contributed by atoms with Crippen molar-refractivity contribution in [1.82, 2.24) is 5.43 Å². The number of amides is 1. The Hall–Kier alpha value is -1.86. The van der Waals surface area contributed by atoms with Crippen molar-refractivity contribution in [2.24, 2.45) is 5.10 Å². The van der Waals surface area contributed by atoms with Gasteiger partial charge in [-0.3, -0.25) is 4.79 Å². The van der Waals surface area contributed by atoms with Gasteiger partial charge in [0.2, 0.25) is 0 Å². The number of nitrogens with zero attached hydrogens (tertiary/aromatic N) is 1. The van der Waals surface area contributed by atoms with Crippen LogP contribution < -0.4 is 14.9 Å². The highest BCUT2D eigenvalue weighted by atomic mass is 79.9. The molecule has 1 amide bonds. The maximum atomic E-state index is 12.1. The first-order valence-corrected chi connectivity index (χ1v) is 8.15. The predicted octanol–water partition coefficient (Wildman–Crippen LogP) is 3.99. The van der Waals surface area contributed by atoms with Crippen LogP contribution in [-0.4, -0.2) is 26.3 Å². The van der Waals surface area contributed by atoms with E-state index in [-0.39, 0.29) is 5.91 Å². The predicted molar refractivity (Wildman–Crippen MR) is 96.4 cm³/mol. The SMILES string of the molecule is COc1cc(OC)c(/C=N\NC(=O)c2ccccc2Br)cc1Br. The van der Waals surface area contributed by atoms with E-state index in [9.17, 15) is 4.79 Å². The third-order valence-corrected chi connectivity index (χ3v) is 4.30. The zero-order valence-corrected chi connectivity index (χ0v) is 15.6. The number of carbonyl (C=O) groups excluding carboxylic acids is 1. The van der Waals surface area contributed by atoms with E-state index in [4.69, 9.17) is 9.47 Å². The molecule has 23 heavy (non-hydrogen) atoms. The van der Waals surface area contributed by atoms with Gasteiger partial charge in [-0.05, 0) is 50.1 Å². The van der Waals surface area contributed by atoms with Crippen molar-refractivity contribution in [2.45, 2.75) is 0 Å². The Morgan fingerprint density at radius 1 is 1.09 bits per heavy atom. The molecule has 2 aromatic rings. The lowest BCUT2D eigenvalue weighted by Gasteiger charge is -2.09. The van der Waals surface area contributed by atoms with E-state index in [1.165, 1.54) is 6.21 Å². The van der Waals surface area contributed by atoms with E-state index in [0.717, 1.165) is 4.47 Å². The van der Waals surface area contributed by atoms with E-state index in [1.807, 2.05) is 6.07 Å². The van der Waals surface area contributed by atoms with Gasteiger partial charge in [0.1, 0.15) is 11.5 Å². The van der Waals surface area contributed by atoms with Gasteiger partial charge in [-0.1, -0.05) is 12.1 Å². The van der Waals surface area contributed by atoms with Crippen LogP contribution in [0.3, 0.4) is 0 Å². The second-order valence-electron chi connectivity index (χ2n) is 4.41. The van der Waals surface area contributed by atoms with Crippen LogP contribution in [-0.2, 0) is 0 Å². The Balaban J connectivity index is 2.16. The molecule has 2 rings (SSSR count). The summed E-state index contributed by atoms with van der Waals surface area (Å²) in [5.74, 6) is 0.931. The van der Waals surface area contributed by atoms with Crippen molar-refractivity contribution in [1.29, 1.82) is 0 Å². The highest BCUT2D eigenvalue weighted by Crippen LogP contribution is 2.31. The van der Waals surface area contributed by atoms with E-state index < -0.39 is 0 Å².